The van der Waals surface area contributed by atoms with E-state index in [0.717, 1.165) is 24.5 Å². The summed E-state index contributed by atoms with van der Waals surface area (Å²) in [6.45, 7) is 12.6. The first-order valence-corrected chi connectivity index (χ1v) is 7.59. The lowest BCUT2D eigenvalue weighted by Crippen LogP contribution is -2.47. The molecule has 0 aliphatic carbocycles. The highest BCUT2D eigenvalue weighted by Crippen LogP contribution is 2.09. The number of rotatable bonds is 6. The van der Waals surface area contributed by atoms with Crippen molar-refractivity contribution >= 4 is 5.96 Å². The number of nitrogens with one attached hydrogen (secondary N) is 2. The highest BCUT2D eigenvalue weighted by molar-refractivity contribution is 5.80. The standard InChI is InChI=1S/C16H28N4O/c1-6-10-21-14-9-8-13(11-18-14)12-19-15(17-7-2)20-16(3,4)5/h8-9,11H,6-7,10,12H2,1-5H3,(H2,17,19,20). The number of nitrogens with zero attached hydrogens (tertiary/aromatic N) is 2. The van der Waals surface area contributed by atoms with E-state index in [-0.39, 0.29) is 5.54 Å². The number of hydrogen-bond acceptors (Lipinski definition) is 3. The summed E-state index contributed by atoms with van der Waals surface area (Å²) >= 11 is 0. The number of guanidine groups is 1. The van der Waals surface area contributed by atoms with Crippen molar-refractivity contribution in [3.63, 3.8) is 0 Å². The zero-order chi connectivity index (χ0) is 15.7. The fraction of sp³-hybridized carbons (Fsp3) is 0.625. The van der Waals surface area contributed by atoms with E-state index >= 15 is 0 Å². The lowest BCUT2D eigenvalue weighted by molar-refractivity contribution is 0.305. The normalized spacial score (nSPS) is 12.1. The van der Waals surface area contributed by atoms with Crippen LogP contribution in [-0.2, 0) is 6.54 Å². The largest absolute Gasteiger partial charge is 0.478 e. The second kappa shape index (κ2) is 8.49. The minimum atomic E-state index is -0.0168. The summed E-state index contributed by atoms with van der Waals surface area (Å²) in [6, 6.07) is 3.90. The second-order valence-electron chi connectivity index (χ2n) is 5.92. The van der Waals surface area contributed by atoms with Gasteiger partial charge in [-0.25, -0.2) is 9.98 Å². The Morgan fingerprint density at radius 3 is 2.57 bits per heavy atom. The first-order chi connectivity index (χ1) is 9.94. The van der Waals surface area contributed by atoms with Gasteiger partial charge in [-0.2, -0.15) is 0 Å². The van der Waals surface area contributed by atoms with Gasteiger partial charge in [0.15, 0.2) is 5.96 Å². The van der Waals surface area contributed by atoms with Gasteiger partial charge < -0.3 is 15.4 Å². The Morgan fingerprint density at radius 2 is 2.05 bits per heavy atom. The zero-order valence-corrected chi connectivity index (χ0v) is 13.9. The molecule has 1 heterocycles. The number of aliphatic imine (C=N–C) groups is 1. The molecule has 0 atom stereocenters. The molecule has 0 spiro atoms. The van der Waals surface area contributed by atoms with Gasteiger partial charge in [0, 0.05) is 24.3 Å². The Bertz CT molecular complexity index is 435. The van der Waals surface area contributed by atoms with Gasteiger partial charge >= 0.3 is 0 Å². The molecule has 5 nitrogen and oxygen atoms in total. The number of ether oxygens (including phenoxy) is 1. The van der Waals surface area contributed by atoms with Gasteiger partial charge in [0.05, 0.1) is 13.2 Å². The number of hydrogen-bond donors (Lipinski definition) is 2. The molecule has 0 radical (unpaired) electrons. The molecule has 118 valence electrons. The van der Waals surface area contributed by atoms with E-state index in [9.17, 15) is 0 Å². The molecule has 2 N–H and O–H groups in total. The Morgan fingerprint density at radius 1 is 1.29 bits per heavy atom. The molecule has 0 amide bonds. The van der Waals surface area contributed by atoms with Gasteiger partial charge in [0.25, 0.3) is 0 Å². The summed E-state index contributed by atoms with van der Waals surface area (Å²) in [6.07, 6.45) is 2.80. The van der Waals surface area contributed by atoms with Crippen LogP contribution >= 0.6 is 0 Å². The molecular weight excluding hydrogens is 264 g/mol. The Balaban J connectivity index is 2.62. The Kier molecular flexibility index (Phi) is 6.99. The maximum Gasteiger partial charge on any atom is 0.213 e. The molecule has 0 aliphatic heterocycles. The van der Waals surface area contributed by atoms with Crippen LogP contribution in [0, 0.1) is 0 Å². The van der Waals surface area contributed by atoms with Crippen molar-refractivity contribution in [2.24, 2.45) is 4.99 Å². The van der Waals surface area contributed by atoms with Crippen molar-refractivity contribution in [3.05, 3.63) is 23.9 Å². The smallest absolute Gasteiger partial charge is 0.213 e. The van der Waals surface area contributed by atoms with Gasteiger partial charge in [0.2, 0.25) is 5.88 Å². The maximum atomic E-state index is 5.47. The molecule has 0 saturated carbocycles. The van der Waals surface area contributed by atoms with Crippen molar-refractivity contribution in [3.8, 4) is 5.88 Å². The fourth-order valence-electron chi connectivity index (χ4n) is 1.63. The van der Waals surface area contributed by atoms with Crippen LogP contribution < -0.4 is 15.4 Å². The minimum absolute atomic E-state index is 0.0168. The molecule has 0 aliphatic rings. The van der Waals surface area contributed by atoms with E-state index < -0.39 is 0 Å². The maximum absolute atomic E-state index is 5.47. The van der Waals surface area contributed by atoms with Gasteiger partial charge in [0.1, 0.15) is 0 Å². The number of aromatic nitrogens is 1. The van der Waals surface area contributed by atoms with Crippen LogP contribution in [0.15, 0.2) is 23.3 Å². The van der Waals surface area contributed by atoms with Gasteiger partial charge in [-0.05, 0) is 39.7 Å². The van der Waals surface area contributed by atoms with Crippen LogP contribution in [-0.4, -0.2) is 29.6 Å². The van der Waals surface area contributed by atoms with Crippen molar-refractivity contribution in [2.75, 3.05) is 13.2 Å². The second-order valence-corrected chi connectivity index (χ2v) is 5.92. The Hall–Kier alpha value is -1.78. The minimum Gasteiger partial charge on any atom is -0.478 e. The first-order valence-electron chi connectivity index (χ1n) is 7.59. The summed E-state index contributed by atoms with van der Waals surface area (Å²) < 4.78 is 5.47. The quantitative estimate of drug-likeness (QED) is 0.625. The average molecular weight is 292 g/mol. The van der Waals surface area contributed by atoms with Crippen LogP contribution in [0.5, 0.6) is 5.88 Å². The summed E-state index contributed by atoms with van der Waals surface area (Å²) in [5.41, 5.74) is 1.04. The van der Waals surface area contributed by atoms with Crippen LogP contribution in [0.2, 0.25) is 0 Å². The predicted octanol–water partition coefficient (Wildman–Crippen LogP) is 2.72. The Labute approximate surface area is 128 Å². The van der Waals surface area contributed by atoms with Gasteiger partial charge in [-0.1, -0.05) is 13.0 Å². The van der Waals surface area contributed by atoms with Crippen molar-refractivity contribution in [2.45, 2.75) is 53.1 Å². The van der Waals surface area contributed by atoms with Crippen molar-refractivity contribution < 1.29 is 4.74 Å². The third-order valence-electron chi connectivity index (χ3n) is 2.51. The molecule has 0 fully saturated rings. The van der Waals surface area contributed by atoms with Crippen LogP contribution in [0.3, 0.4) is 0 Å². The first kappa shape index (κ1) is 17.3. The third kappa shape index (κ3) is 7.54. The van der Waals surface area contributed by atoms with Crippen molar-refractivity contribution in [1.82, 2.24) is 15.6 Å². The molecule has 0 bridgehead atoms. The lowest BCUT2D eigenvalue weighted by Gasteiger charge is -2.23. The topological polar surface area (TPSA) is 58.5 Å². The van der Waals surface area contributed by atoms with Gasteiger partial charge in [-0.3, -0.25) is 0 Å². The van der Waals surface area contributed by atoms with E-state index in [1.165, 1.54) is 0 Å². The molecule has 21 heavy (non-hydrogen) atoms. The molecule has 0 saturated heterocycles. The molecular formula is C16H28N4O. The fourth-order valence-corrected chi connectivity index (χ4v) is 1.63. The van der Waals surface area contributed by atoms with E-state index in [1.807, 2.05) is 18.3 Å². The SMILES string of the molecule is CCCOc1ccc(CN=C(NCC)NC(C)(C)C)cn1. The van der Waals surface area contributed by atoms with E-state index in [4.69, 9.17) is 4.74 Å². The van der Waals surface area contributed by atoms with Crippen LogP contribution in [0.25, 0.3) is 0 Å². The average Bonchev–Trinajstić information content (AvgIpc) is 2.42. The molecule has 5 heteroatoms. The summed E-state index contributed by atoms with van der Waals surface area (Å²) in [5.74, 6) is 1.49. The third-order valence-corrected chi connectivity index (χ3v) is 2.51. The monoisotopic (exact) mass is 292 g/mol. The summed E-state index contributed by atoms with van der Waals surface area (Å²) in [7, 11) is 0. The van der Waals surface area contributed by atoms with Crippen molar-refractivity contribution in [1.29, 1.82) is 0 Å². The predicted molar refractivity (Wildman–Crippen MR) is 87.7 cm³/mol. The van der Waals surface area contributed by atoms with Gasteiger partial charge in [-0.15, -0.1) is 0 Å². The van der Waals surface area contributed by atoms with Crippen LogP contribution in [0.4, 0.5) is 0 Å². The lowest BCUT2D eigenvalue weighted by atomic mass is 10.1. The molecule has 1 aromatic rings. The molecule has 1 aromatic heterocycles. The highest BCUT2D eigenvalue weighted by Gasteiger charge is 2.11. The zero-order valence-electron chi connectivity index (χ0n) is 13.9. The summed E-state index contributed by atoms with van der Waals surface area (Å²) in [4.78, 5) is 8.86. The molecule has 1 rings (SSSR count). The van der Waals surface area contributed by atoms with Crippen LogP contribution in [0.1, 0.15) is 46.6 Å². The highest BCUT2D eigenvalue weighted by atomic mass is 16.5. The molecule has 0 unspecified atom stereocenters. The number of pyridine rings is 1. The van der Waals surface area contributed by atoms with E-state index in [1.54, 1.807) is 0 Å². The molecule has 0 aromatic carbocycles. The van der Waals surface area contributed by atoms with E-state index in [0.29, 0.717) is 19.0 Å². The summed E-state index contributed by atoms with van der Waals surface area (Å²) in [5, 5.41) is 6.60. The van der Waals surface area contributed by atoms with E-state index in [2.05, 4.69) is 55.2 Å².